The average molecular weight is 422 g/mol. The van der Waals surface area contributed by atoms with E-state index in [1.165, 1.54) is 18.5 Å². The van der Waals surface area contributed by atoms with Gasteiger partial charge in [0.15, 0.2) is 0 Å². The highest BCUT2D eigenvalue weighted by molar-refractivity contribution is 5.96. The van der Waals surface area contributed by atoms with Crippen LogP contribution in [0.3, 0.4) is 0 Å². The maximum atomic E-state index is 12.6. The van der Waals surface area contributed by atoms with Gasteiger partial charge in [-0.3, -0.25) is 4.79 Å². The second-order valence-corrected chi connectivity index (χ2v) is 6.90. The first-order chi connectivity index (χ1) is 14.2. The fourth-order valence-corrected chi connectivity index (χ4v) is 3.22. The van der Waals surface area contributed by atoms with Gasteiger partial charge >= 0.3 is 12.1 Å². The Kier molecular flexibility index (Phi) is 8.26. The van der Waals surface area contributed by atoms with Crippen molar-refractivity contribution in [2.24, 2.45) is 0 Å². The molecule has 3 rings (SSSR count). The molecule has 8 heteroatoms. The number of nitrogens with zero attached hydrogens (tertiary/aromatic N) is 1. The number of halogens is 3. The van der Waals surface area contributed by atoms with E-state index in [1.807, 2.05) is 49.4 Å². The van der Waals surface area contributed by atoms with Crippen molar-refractivity contribution in [2.75, 3.05) is 23.3 Å². The smallest absolute Gasteiger partial charge is 0.475 e. The van der Waals surface area contributed by atoms with E-state index in [0.29, 0.717) is 0 Å². The van der Waals surface area contributed by atoms with Gasteiger partial charge in [0, 0.05) is 24.5 Å². The molecule has 2 aromatic carbocycles. The van der Waals surface area contributed by atoms with Crippen molar-refractivity contribution < 1.29 is 27.9 Å². The van der Waals surface area contributed by atoms with Crippen molar-refractivity contribution in [3.05, 3.63) is 60.2 Å². The van der Waals surface area contributed by atoms with Gasteiger partial charge in [0.1, 0.15) is 0 Å². The molecule has 1 aliphatic heterocycles. The van der Waals surface area contributed by atoms with E-state index >= 15 is 0 Å². The molecule has 1 atom stereocenters. The molecule has 2 N–H and O–H groups in total. The molecule has 1 saturated heterocycles. The van der Waals surface area contributed by atoms with Crippen LogP contribution in [-0.4, -0.2) is 36.2 Å². The highest BCUT2D eigenvalue weighted by Gasteiger charge is 2.38. The SMILES string of the molecule is CCC(C(=O)Nc1ccc(N2CCCC2)cc1)c1ccccc1.O=C(O)C(F)(F)F. The fourth-order valence-electron chi connectivity index (χ4n) is 3.22. The van der Waals surface area contributed by atoms with Crippen LogP contribution in [0.15, 0.2) is 54.6 Å². The van der Waals surface area contributed by atoms with Crippen LogP contribution < -0.4 is 10.2 Å². The molecule has 2 aromatic rings. The molecule has 1 unspecified atom stereocenters. The third kappa shape index (κ3) is 6.79. The number of hydrogen-bond acceptors (Lipinski definition) is 3. The summed E-state index contributed by atoms with van der Waals surface area (Å²) >= 11 is 0. The first-order valence-electron chi connectivity index (χ1n) is 9.73. The Balaban J connectivity index is 0.000000396. The summed E-state index contributed by atoms with van der Waals surface area (Å²) in [6, 6.07) is 18.2. The summed E-state index contributed by atoms with van der Waals surface area (Å²) in [6.45, 7) is 4.32. The number of anilines is 2. The number of hydrogen-bond donors (Lipinski definition) is 2. The number of carbonyl (C=O) groups is 2. The molecule has 162 valence electrons. The predicted octanol–water partition coefficient (Wildman–Crippen LogP) is 5.05. The van der Waals surface area contributed by atoms with Crippen LogP contribution in [0.2, 0.25) is 0 Å². The average Bonchev–Trinajstić information content (AvgIpc) is 3.24. The second kappa shape index (κ2) is 10.7. The number of nitrogens with one attached hydrogen (secondary N) is 1. The highest BCUT2D eigenvalue weighted by atomic mass is 19.4. The van der Waals surface area contributed by atoms with Gasteiger partial charge in [-0.25, -0.2) is 4.79 Å². The molecule has 0 radical (unpaired) electrons. The molecule has 1 aliphatic rings. The Morgan fingerprint density at radius 2 is 1.57 bits per heavy atom. The molecule has 0 aromatic heterocycles. The molecule has 0 spiro atoms. The lowest BCUT2D eigenvalue weighted by Gasteiger charge is -2.19. The van der Waals surface area contributed by atoms with Gasteiger partial charge in [0.05, 0.1) is 5.92 Å². The zero-order valence-corrected chi connectivity index (χ0v) is 16.7. The molecule has 30 heavy (non-hydrogen) atoms. The van der Waals surface area contributed by atoms with E-state index < -0.39 is 12.1 Å². The maximum absolute atomic E-state index is 12.6. The van der Waals surface area contributed by atoms with Crippen LogP contribution >= 0.6 is 0 Å². The Hall–Kier alpha value is -3.03. The van der Waals surface area contributed by atoms with Gasteiger partial charge in [-0.2, -0.15) is 13.2 Å². The standard InChI is InChI=1S/C20H24N2O.C2HF3O2/c1-2-19(16-8-4-3-5-9-16)20(23)21-17-10-12-18(13-11-17)22-14-6-7-15-22;3-2(4,5)1(6)7/h3-5,8-13,19H,2,6-7,14-15H2,1H3,(H,21,23);(H,6,7). The molecule has 0 saturated carbocycles. The summed E-state index contributed by atoms with van der Waals surface area (Å²) in [5, 5.41) is 10.2. The van der Waals surface area contributed by atoms with Crippen molar-refractivity contribution >= 4 is 23.3 Å². The van der Waals surface area contributed by atoms with Gasteiger partial charge in [0.25, 0.3) is 0 Å². The van der Waals surface area contributed by atoms with E-state index in [1.54, 1.807) is 0 Å². The number of carbonyl (C=O) groups excluding carboxylic acids is 1. The fraction of sp³-hybridized carbons (Fsp3) is 0.364. The van der Waals surface area contributed by atoms with Crippen molar-refractivity contribution in [3.8, 4) is 0 Å². The molecular weight excluding hydrogens is 397 g/mol. The molecule has 0 bridgehead atoms. The third-order valence-electron chi connectivity index (χ3n) is 4.78. The van der Waals surface area contributed by atoms with Crippen LogP contribution in [0.5, 0.6) is 0 Å². The lowest BCUT2D eigenvalue weighted by molar-refractivity contribution is -0.192. The Morgan fingerprint density at radius 3 is 2.03 bits per heavy atom. The van der Waals surface area contributed by atoms with Gasteiger partial charge in [-0.1, -0.05) is 37.3 Å². The van der Waals surface area contributed by atoms with Crippen LogP contribution in [0.25, 0.3) is 0 Å². The normalized spacial score (nSPS) is 14.5. The number of amides is 1. The van der Waals surface area contributed by atoms with Crippen LogP contribution in [0.1, 0.15) is 37.7 Å². The number of rotatable bonds is 5. The number of carboxylic acid groups (broad SMARTS) is 1. The zero-order valence-electron chi connectivity index (χ0n) is 16.7. The van der Waals surface area contributed by atoms with Gasteiger partial charge in [0.2, 0.25) is 5.91 Å². The minimum Gasteiger partial charge on any atom is -0.475 e. The maximum Gasteiger partial charge on any atom is 0.490 e. The minimum absolute atomic E-state index is 0.0626. The third-order valence-corrected chi connectivity index (χ3v) is 4.78. The van der Waals surface area contributed by atoms with Gasteiger partial charge < -0.3 is 15.3 Å². The lowest BCUT2D eigenvalue weighted by Crippen LogP contribution is -2.21. The van der Waals surface area contributed by atoms with E-state index in [0.717, 1.165) is 30.8 Å². The monoisotopic (exact) mass is 422 g/mol. The first-order valence-corrected chi connectivity index (χ1v) is 9.73. The van der Waals surface area contributed by atoms with E-state index in [-0.39, 0.29) is 11.8 Å². The Bertz CT molecular complexity index is 818. The van der Waals surface area contributed by atoms with Crippen LogP contribution in [0, 0.1) is 0 Å². The quantitative estimate of drug-likeness (QED) is 0.707. The highest BCUT2D eigenvalue weighted by Crippen LogP contribution is 2.24. The topological polar surface area (TPSA) is 69.6 Å². The van der Waals surface area contributed by atoms with E-state index in [4.69, 9.17) is 9.90 Å². The second-order valence-electron chi connectivity index (χ2n) is 6.90. The van der Waals surface area contributed by atoms with Gasteiger partial charge in [-0.05, 0) is 49.1 Å². The van der Waals surface area contributed by atoms with Crippen LogP contribution in [0.4, 0.5) is 24.5 Å². The number of carboxylic acids is 1. The first kappa shape index (κ1) is 23.3. The lowest BCUT2D eigenvalue weighted by atomic mass is 9.95. The Morgan fingerprint density at radius 1 is 1.03 bits per heavy atom. The molecule has 5 nitrogen and oxygen atoms in total. The van der Waals surface area contributed by atoms with E-state index in [2.05, 4.69) is 22.3 Å². The summed E-state index contributed by atoms with van der Waals surface area (Å²) < 4.78 is 31.7. The molecule has 0 aliphatic carbocycles. The van der Waals surface area contributed by atoms with Crippen LogP contribution in [-0.2, 0) is 9.59 Å². The summed E-state index contributed by atoms with van der Waals surface area (Å²) in [5.74, 6) is -2.80. The van der Waals surface area contributed by atoms with Crippen molar-refractivity contribution in [1.82, 2.24) is 0 Å². The predicted molar refractivity (Wildman–Crippen MR) is 110 cm³/mol. The largest absolute Gasteiger partial charge is 0.490 e. The van der Waals surface area contributed by atoms with Crippen molar-refractivity contribution in [1.29, 1.82) is 0 Å². The van der Waals surface area contributed by atoms with Gasteiger partial charge in [-0.15, -0.1) is 0 Å². The summed E-state index contributed by atoms with van der Waals surface area (Å²) in [4.78, 5) is 23.9. The molecule has 1 fully saturated rings. The minimum atomic E-state index is -5.08. The number of alkyl halides is 3. The van der Waals surface area contributed by atoms with Crippen molar-refractivity contribution in [2.45, 2.75) is 38.3 Å². The molecule has 1 heterocycles. The Labute approximate surface area is 173 Å². The molecule has 1 amide bonds. The summed E-state index contributed by atoms with van der Waals surface area (Å²) in [7, 11) is 0. The number of aliphatic carboxylic acids is 1. The number of benzene rings is 2. The van der Waals surface area contributed by atoms with E-state index in [9.17, 15) is 18.0 Å². The summed E-state index contributed by atoms with van der Waals surface area (Å²) in [6.07, 6.45) is -1.75. The molecular formula is C22H25F3N2O3. The summed E-state index contributed by atoms with van der Waals surface area (Å²) in [5.41, 5.74) is 3.18. The zero-order chi connectivity index (χ0) is 22.1. The van der Waals surface area contributed by atoms with Crippen molar-refractivity contribution in [3.63, 3.8) is 0 Å².